The Morgan fingerprint density at radius 3 is 2.16 bits per heavy atom. The van der Waals surface area contributed by atoms with Gasteiger partial charge in [0, 0.05) is 0 Å². The molecular weight excluding hydrogens is 399 g/mol. The maximum absolute atomic E-state index is 12.9. The van der Waals surface area contributed by atoms with Crippen molar-refractivity contribution in [2.24, 2.45) is 10.9 Å². The van der Waals surface area contributed by atoms with Gasteiger partial charge < -0.3 is 4.74 Å². The van der Waals surface area contributed by atoms with E-state index in [0.29, 0.717) is 17.4 Å². The minimum absolute atomic E-state index is 0.301. The van der Waals surface area contributed by atoms with Crippen LogP contribution in [-0.2, 0) is 4.74 Å². The summed E-state index contributed by atoms with van der Waals surface area (Å²) in [5.41, 5.74) is 0.174. The van der Waals surface area contributed by atoms with Crippen molar-refractivity contribution >= 4 is 5.71 Å². The second-order valence-corrected chi connectivity index (χ2v) is 7.44. The molecule has 176 valence electrons. The van der Waals surface area contributed by atoms with Gasteiger partial charge in [-0.3, -0.25) is 4.99 Å². The first-order valence-corrected chi connectivity index (χ1v) is 11.4. The Balaban J connectivity index is 6.24. The van der Waals surface area contributed by atoms with Crippen molar-refractivity contribution in [2.45, 2.75) is 92.7 Å². The molecule has 0 unspecified atom stereocenters. The number of nitrogens with zero attached hydrogens (tertiary/aromatic N) is 1. The minimum Gasteiger partial charge on any atom is -0.456 e. The highest BCUT2D eigenvalue weighted by atomic mass is 19.4. The number of hydrogen-bond acceptors (Lipinski definition) is 2. The normalized spacial score (nSPS) is 15.0. The molecule has 0 spiro atoms. The van der Waals surface area contributed by atoms with Gasteiger partial charge in [-0.2, -0.15) is 13.2 Å². The van der Waals surface area contributed by atoms with Gasteiger partial charge in [-0.15, -0.1) is 0 Å². The zero-order chi connectivity index (χ0) is 23.7. The van der Waals surface area contributed by atoms with Crippen molar-refractivity contribution in [3.8, 4) is 0 Å². The summed E-state index contributed by atoms with van der Waals surface area (Å²) in [4.78, 5) is 3.62. The summed E-state index contributed by atoms with van der Waals surface area (Å²) in [5, 5.41) is 0. The van der Waals surface area contributed by atoms with Crippen molar-refractivity contribution in [3.63, 3.8) is 0 Å². The summed E-state index contributed by atoms with van der Waals surface area (Å²) < 4.78 is 44.8. The number of aliphatic imine (C=N–C) groups is 1. The Morgan fingerprint density at radius 2 is 1.68 bits per heavy atom. The molecular formula is C26H40F3NO. The summed E-state index contributed by atoms with van der Waals surface area (Å²) in [6.07, 6.45) is 15.0. The zero-order valence-electron chi connectivity index (χ0n) is 20.1. The second-order valence-electron chi connectivity index (χ2n) is 7.44. The lowest BCUT2D eigenvalue weighted by molar-refractivity contribution is -0.0591. The molecule has 0 rings (SSSR count). The van der Waals surface area contributed by atoms with Gasteiger partial charge in [0.15, 0.2) is 0 Å². The molecule has 0 aromatic rings. The molecule has 31 heavy (non-hydrogen) atoms. The summed E-state index contributed by atoms with van der Waals surface area (Å²) in [5.74, 6) is 1.32. The monoisotopic (exact) mass is 439 g/mol. The Morgan fingerprint density at radius 1 is 1.03 bits per heavy atom. The number of alkyl halides is 3. The lowest BCUT2D eigenvalue weighted by Crippen LogP contribution is -2.18. The molecule has 0 aliphatic carbocycles. The quantitative estimate of drug-likeness (QED) is 0.150. The fourth-order valence-corrected chi connectivity index (χ4v) is 3.01. The third kappa shape index (κ3) is 12.4. The number of rotatable bonds is 14. The van der Waals surface area contributed by atoms with E-state index in [1.165, 1.54) is 6.20 Å². The highest BCUT2D eigenvalue weighted by Crippen LogP contribution is 2.31. The van der Waals surface area contributed by atoms with Gasteiger partial charge in [-0.25, -0.2) is 0 Å². The van der Waals surface area contributed by atoms with Gasteiger partial charge in [-0.05, 0) is 63.2 Å². The van der Waals surface area contributed by atoms with Crippen LogP contribution >= 0.6 is 0 Å². The number of unbranched alkanes of at least 4 members (excludes halogenated alkanes) is 1. The topological polar surface area (TPSA) is 21.6 Å². The van der Waals surface area contributed by atoms with Gasteiger partial charge in [0.2, 0.25) is 0 Å². The number of allylic oxidation sites excluding steroid dienone is 7. The minimum atomic E-state index is -4.46. The fraction of sp³-hybridized carbons (Fsp3) is 0.577. The second kappa shape index (κ2) is 16.6. The van der Waals surface area contributed by atoms with Gasteiger partial charge in [0.1, 0.15) is 17.2 Å². The maximum Gasteiger partial charge on any atom is 0.429 e. The molecule has 0 aliphatic rings. The van der Waals surface area contributed by atoms with Gasteiger partial charge in [0.25, 0.3) is 0 Å². The molecule has 0 radical (unpaired) electrons. The summed E-state index contributed by atoms with van der Waals surface area (Å²) >= 11 is 0. The molecule has 0 aromatic heterocycles. The first kappa shape index (κ1) is 29.0. The van der Waals surface area contributed by atoms with Crippen LogP contribution in [0.3, 0.4) is 0 Å². The summed E-state index contributed by atoms with van der Waals surface area (Å²) in [6.45, 7) is 11.3. The van der Waals surface area contributed by atoms with E-state index in [2.05, 4.69) is 24.9 Å². The number of halogens is 3. The lowest BCUT2D eigenvalue weighted by atomic mass is 9.88. The predicted octanol–water partition coefficient (Wildman–Crippen LogP) is 9.24. The van der Waals surface area contributed by atoms with E-state index in [0.717, 1.165) is 57.4 Å². The van der Waals surface area contributed by atoms with Crippen LogP contribution in [0.5, 0.6) is 0 Å². The molecule has 0 aromatic carbocycles. The first-order chi connectivity index (χ1) is 14.7. The van der Waals surface area contributed by atoms with Crippen LogP contribution < -0.4 is 0 Å². The smallest absolute Gasteiger partial charge is 0.429 e. The third-order valence-corrected chi connectivity index (χ3v) is 4.62. The predicted molar refractivity (Wildman–Crippen MR) is 127 cm³/mol. The van der Waals surface area contributed by atoms with Gasteiger partial charge in [0.05, 0.1) is 6.20 Å². The molecule has 5 heteroatoms. The first-order valence-electron chi connectivity index (χ1n) is 11.4. The van der Waals surface area contributed by atoms with E-state index in [1.54, 1.807) is 6.08 Å². The van der Waals surface area contributed by atoms with Crippen molar-refractivity contribution in [3.05, 3.63) is 59.7 Å². The van der Waals surface area contributed by atoms with Crippen molar-refractivity contribution < 1.29 is 17.9 Å². The van der Waals surface area contributed by atoms with Crippen LogP contribution in [0.4, 0.5) is 13.2 Å². The molecule has 0 atom stereocenters. The van der Waals surface area contributed by atoms with E-state index < -0.39 is 11.9 Å². The molecule has 2 nitrogen and oxygen atoms in total. The van der Waals surface area contributed by atoms with E-state index >= 15 is 0 Å². The lowest BCUT2D eigenvalue weighted by Gasteiger charge is -2.22. The number of hydrogen-bond donors (Lipinski definition) is 0. The third-order valence-electron chi connectivity index (χ3n) is 4.62. The fourth-order valence-electron chi connectivity index (χ4n) is 3.01. The molecule has 0 aliphatic heterocycles. The Kier molecular flexibility index (Phi) is 15.5. The SMILES string of the molecule is C\C=C/C=C(\C(=C\CC)OC(/C=C/CCC)=C/N=C(\C)C(F)(F)F)C(CCC)CCC. The van der Waals surface area contributed by atoms with Crippen molar-refractivity contribution in [1.29, 1.82) is 0 Å². The van der Waals surface area contributed by atoms with Crippen LogP contribution in [0.1, 0.15) is 86.5 Å². The Hall–Kier alpha value is -2.04. The van der Waals surface area contributed by atoms with Crippen molar-refractivity contribution in [2.75, 3.05) is 0 Å². The maximum atomic E-state index is 12.9. The average Bonchev–Trinajstić information content (AvgIpc) is 2.71. The molecule has 0 fully saturated rings. The van der Waals surface area contributed by atoms with Crippen LogP contribution in [-0.4, -0.2) is 11.9 Å². The zero-order valence-corrected chi connectivity index (χ0v) is 20.1. The van der Waals surface area contributed by atoms with Crippen LogP contribution in [0.15, 0.2) is 64.7 Å². The molecule has 0 N–H and O–H groups in total. The van der Waals surface area contributed by atoms with E-state index in [1.807, 2.05) is 45.1 Å². The van der Waals surface area contributed by atoms with Crippen LogP contribution in [0.2, 0.25) is 0 Å². The average molecular weight is 440 g/mol. The van der Waals surface area contributed by atoms with Gasteiger partial charge >= 0.3 is 6.18 Å². The van der Waals surface area contributed by atoms with E-state index in [4.69, 9.17) is 4.74 Å². The Bertz CT molecular complexity index is 673. The summed E-state index contributed by atoms with van der Waals surface area (Å²) in [6, 6.07) is 0. The van der Waals surface area contributed by atoms with Crippen LogP contribution in [0.25, 0.3) is 0 Å². The van der Waals surface area contributed by atoms with Crippen molar-refractivity contribution in [1.82, 2.24) is 0 Å². The van der Waals surface area contributed by atoms with Crippen LogP contribution in [0, 0.1) is 5.92 Å². The van der Waals surface area contributed by atoms with E-state index in [-0.39, 0.29) is 0 Å². The number of ether oxygens (including phenoxy) is 1. The molecule has 0 bridgehead atoms. The molecule has 0 saturated carbocycles. The highest BCUT2D eigenvalue weighted by Gasteiger charge is 2.31. The largest absolute Gasteiger partial charge is 0.456 e. The highest BCUT2D eigenvalue weighted by molar-refractivity contribution is 5.87. The molecule has 0 amide bonds. The van der Waals surface area contributed by atoms with E-state index in [9.17, 15) is 13.2 Å². The molecule has 0 heterocycles. The van der Waals surface area contributed by atoms with Gasteiger partial charge in [-0.1, -0.05) is 71.3 Å². The standard InChI is InChI=1S/C26H40F3NO/c1-7-12-14-18-23(20-30-21(6)26(27,28)29)31-25(17-11-5)24(19-13-8-2)22(15-9-3)16-10-4/h8,13-14,17-20,22H,7,9-12,15-16H2,1-6H3/b13-8-,18-14+,23-20+,24-19-,25-17-,30-21+. The summed E-state index contributed by atoms with van der Waals surface area (Å²) in [7, 11) is 0. The Labute approximate surface area is 187 Å². The molecule has 0 saturated heterocycles.